The van der Waals surface area contributed by atoms with Crippen molar-refractivity contribution in [3.8, 4) is 5.75 Å². The Labute approximate surface area is 135 Å². The van der Waals surface area contributed by atoms with E-state index in [4.69, 9.17) is 14.2 Å². The minimum absolute atomic E-state index is 0.133. The van der Waals surface area contributed by atoms with Gasteiger partial charge >= 0.3 is 0 Å². The van der Waals surface area contributed by atoms with Crippen molar-refractivity contribution in [2.75, 3.05) is 20.8 Å². The molecule has 1 aromatic rings. The zero-order valence-corrected chi connectivity index (χ0v) is 14.6. The Balaban J connectivity index is 1.95. The highest BCUT2D eigenvalue weighted by Crippen LogP contribution is 2.31. The summed E-state index contributed by atoms with van der Waals surface area (Å²) in [5.74, 6) is 0.848. The number of halogens is 1. The molecular formula is C16H24BrNO3. The molecule has 1 saturated carbocycles. The molecule has 118 valence electrons. The van der Waals surface area contributed by atoms with Gasteiger partial charge in [0, 0.05) is 25.8 Å². The fourth-order valence-corrected chi connectivity index (χ4v) is 3.37. The lowest BCUT2D eigenvalue weighted by atomic mass is 9.84. The van der Waals surface area contributed by atoms with Crippen LogP contribution >= 0.6 is 15.9 Å². The van der Waals surface area contributed by atoms with Crippen LogP contribution in [0.1, 0.15) is 31.9 Å². The molecule has 5 heteroatoms. The van der Waals surface area contributed by atoms with Gasteiger partial charge in [0.15, 0.2) is 0 Å². The van der Waals surface area contributed by atoms with Crippen LogP contribution in [0.4, 0.5) is 0 Å². The van der Waals surface area contributed by atoms with Crippen molar-refractivity contribution in [1.82, 2.24) is 5.32 Å². The minimum atomic E-state index is 0.133. The predicted molar refractivity (Wildman–Crippen MR) is 86.9 cm³/mol. The van der Waals surface area contributed by atoms with Crippen molar-refractivity contribution in [2.24, 2.45) is 0 Å². The third-order valence-electron chi connectivity index (χ3n) is 4.04. The molecule has 21 heavy (non-hydrogen) atoms. The van der Waals surface area contributed by atoms with Crippen molar-refractivity contribution in [1.29, 1.82) is 0 Å². The van der Waals surface area contributed by atoms with Crippen LogP contribution in [0.3, 0.4) is 0 Å². The van der Waals surface area contributed by atoms with E-state index in [0.29, 0.717) is 6.04 Å². The zero-order chi connectivity index (χ0) is 15.4. The molecule has 0 heterocycles. The van der Waals surface area contributed by atoms with Crippen LogP contribution in [0, 0.1) is 0 Å². The first-order valence-corrected chi connectivity index (χ1v) is 8.13. The number of methoxy groups -OCH3 is 2. The van der Waals surface area contributed by atoms with E-state index in [1.807, 2.05) is 13.0 Å². The summed E-state index contributed by atoms with van der Waals surface area (Å²) in [5.41, 5.74) is 1.22. The van der Waals surface area contributed by atoms with E-state index < -0.39 is 0 Å². The van der Waals surface area contributed by atoms with Crippen LogP contribution in [0.2, 0.25) is 0 Å². The predicted octanol–water partition coefficient (Wildman–Crippen LogP) is 3.30. The Bertz CT molecular complexity index is 469. The van der Waals surface area contributed by atoms with E-state index in [-0.39, 0.29) is 18.2 Å². The lowest BCUT2D eigenvalue weighted by Crippen LogP contribution is -2.60. The minimum Gasteiger partial charge on any atom is -0.496 e. The van der Waals surface area contributed by atoms with E-state index in [1.165, 1.54) is 5.56 Å². The molecule has 1 aliphatic carbocycles. The average Bonchev–Trinajstić information content (AvgIpc) is 2.46. The normalized spacial score (nSPS) is 26.2. The molecule has 4 nitrogen and oxygen atoms in total. The Hall–Kier alpha value is -0.620. The molecule has 0 aliphatic heterocycles. The number of hydrogen-bond donors (Lipinski definition) is 1. The summed E-state index contributed by atoms with van der Waals surface area (Å²) in [4.78, 5) is 0. The topological polar surface area (TPSA) is 39.7 Å². The Morgan fingerprint density at radius 3 is 2.71 bits per heavy atom. The zero-order valence-electron chi connectivity index (χ0n) is 13.1. The summed E-state index contributed by atoms with van der Waals surface area (Å²) in [6, 6.07) is 6.74. The number of benzene rings is 1. The van der Waals surface area contributed by atoms with Crippen molar-refractivity contribution in [2.45, 2.75) is 44.6 Å². The van der Waals surface area contributed by atoms with Crippen LogP contribution in [0.25, 0.3) is 0 Å². The maximum atomic E-state index is 5.66. The van der Waals surface area contributed by atoms with Crippen molar-refractivity contribution in [3.05, 3.63) is 28.2 Å². The second kappa shape index (κ2) is 7.58. The van der Waals surface area contributed by atoms with Gasteiger partial charge in [-0.25, -0.2) is 0 Å². The van der Waals surface area contributed by atoms with Gasteiger partial charge in [0.1, 0.15) is 5.75 Å². The largest absolute Gasteiger partial charge is 0.496 e. The highest BCUT2D eigenvalue weighted by molar-refractivity contribution is 9.10. The first-order valence-electron chi connectivity index (χ1n) is 7.34. The number of rotatable bonds is 7. The molecular weight excluding hydrogens is 334 g/mol. The van der Waals surface area contributed by atoms with Gasteiger partial charge in [0.25, 0.3) is 0 Å². The van der Waals surface area contributed by atoms with Gasteiger partial charge in [0.2, 0.25) is 0 Å². The van der Waals surface area contributed by atoms with Gasteiger partial charge in [-0.15, -0.1) is 0 Å². The maximum absolute atomic E-state index is 5.66. The quantitative estimate of drug-likeness (QED) is 0.812. The molecule has 2 rings (SSSR count). The van der Waals surface area contributed by atoms with Crippen molar-refractivity contribution < 1.29 is 14.2 Å². The molecule has 1 N–H and O–H groups in total. The van der Waals surface area contributed by atoms with Crippen LogP contribution in [-0.2, 0) is 9.47 Å². The third-order valence-corrected chi connectivity index (χ3v) is 4.66. The van der Waals surface area contributed by atoms with Crippen molar-refractivity contribution in [3.63, 3.8) is 0 Å². The molecule has 1 aromatic carbocycles. The molecule has 0 saturated heterocycles. The van der Waals surface area contributed by atoms with Crippen LogP contribution in [-0.4, -0.2) is 39.1 Å². The molecule has 1 fully saturated rings. The third kappa shape index (κ3) is 3.77. The Kier molecular flexibility index (Phi) is 6.05. The summed E-state index contributed by atoms with van der Waals surface area (Å²) >= 11 is 3.53. The summed E-state index contributed by atoms with van der Waals surface area (Å²) in [7, 11) is 3.42. The standard InChI is InChI=1S/C16H24BrNO3/c1-5-21-15-9-13(16(15)20-4)18-10(2)11-6-7-14(19-3)12(17)8-11/h6-8,10,13,15-16,18H,5,9H2,1-4H3. The smallest absolute Gasteiger partial charge is 0.133 e. The molecule has 0 spiro atoms. The van der Waals surface area contributed by atoms with Gasteiger partial charge in [-0.05, 0) is 53.9 Å². The maximum Gasteiger partial charge on any atom is 0.133 e. The molecule has 4 atom stereocenters. The first kappa shape index (κ1) is 16.7. The number of hydrogen-bond acceptors (Lipinski definition) is 4. The summed E-state index contributed by atoms with van der Waals surface area (Å²) in [5, 5.41) is 3.62. The van der Waals surface area contributed by atoms with Gasteiger partial charge in [-0.3, -0.25) is 0 Å². The van der Waals surface area contributed by atoms with Crippen molar-refractivity contribution >= 4 is 15.9 Å². The van der Waals surface area contributed by atoms with E-state index in [1.54, 1.807) is 14.2 Å². The molecule has 4 unspecified atom stereocenters. The summed E-state index contributed by atoms with van der Waals surface area (Å²) in [6.45, 7) is 4.91. The molecule has 0 bridgehead atoms. The number of ether oxygens (including phenoxy) is 3. The highest BCUT2D eigenvalue weighted by Gasteiger charge is 2.42. The van der Waals surface area contributed by atoms with Crippen LogP contribution in [0.15, 0.2) is 22.7 Å². The molecule has 0 amide bonds. The van der Waals surface area contributed by atoms with E-state index in [2.05, 4.69) is 40.3 Å². The summed E-state index contributed by atoms with van der Waals surface area (Å²) in [6.07, 6.45) is 1.34. The Morgan fingerprint density at radius 2 is 2.14 bits per heavy atom. The highest BCUT2D eigenvalue weighted by atomic mass is 79.9. The summed E-state index contributed by atoms with van der Waals surface area (Å²) < 4.78 is 17.4. The van der Waals surface area contributed by atoms with Gasteiger partial charge in [-0.2, -0.15) is 0 Å². The lowest BCUT2D eigenvalue weighted by molar-refractivity contribution is -0.133. The lowest BCUT2D eigenvalue weighted by Gasteiger charge is -2.44. The second-order valence-electron chi connectivity index (χ2n) is 5.32. The van der Waals surface area contributed by atoms with E-state index in [9.17, 15) is 0 Å². The van der Waals surface area contributed by atoms with E-state index in [0.717, 1.165) is 23.2 Å². The fraction of sp³-hybridized carbons (Fsp3) is 0.625. The van der Waals surface area contributed by atoms with E-state index >= 15 is 0 Å². The molecule has 1 aliphatic rings. The monoisotopic (exact) mass is 357 g/mol. The average molecular weight is 358 g/mol. The molecule has 0 radical (unpaired) electrons. The van der Waals surface area contributed by atoms with Gasteiger partial charge in [-0.1, -0.05) is 6.07 Å². The second-order valence-corrected chi connectivity index (χ2v) is 6.17. The van der Waals surface area contributed by atoms with Crippen LogP contribution in [0.5, 0.6) is 5.75 Å². The van der Waals surface area contributed by atoms with Gasteiger partial charge in [0.05, 0.1) is 23.8 Å². The fourth-order valence-electron chi connectivity index (χ4n) is 2.81. The molecule has 0 aromatic heterocycles. The van der Waals surface area contributed by atoms with Crippen LogP contribution < -0.4 is 10.1 Å². The first-order chi connectivity index (χ1) is 10.1. The number of nitrogens with one attached hydrogen (secondary N) is 1. The SMILES string of the molecule is CCOC1CC(NC(C)c2ccc(OC)c(Br)c2)C1OC. The Morgan fingerprint density at radius 1 is 1.38 bits per heavy atom. The van der Waals surface area contributed by atoms with Gasteiger partial charge < -0.3 is 19.5 Å².